The van der Waals surface area contributed by atoms with Gasteiger partial charge in [-0.05, 0) is 71.1 Å². The molecule has 0 amide bonds. The van der Waals surface area contributed by atoms with E-state index in [1.54, 1.807) is 5.57 Å². The van der Waals surface area contributed by atoms with Crippen molar-refractivity contribution in [1.29, 1.82) is 0 Å². The van der Waals surface area contributed by atoms with Crippen LogP contribution in [0.3, 0.4) is 0 Å². The molecule has 0 aliphatic heterocycles. The summed E-state index contributed by atoms with van der Waals surface area (Å²) in [5.74, 6) is 1.69. The second-order valence-electron chi connectivity index (χ2n) is 6.78. The fourth-order valence-electron chi connectivity index (χ4n) is 2.68. The van der Waals surface area contributed by atoms with E-state index < -0.39 is 0 Å². The Bertz CT molecular complexity index is 296. The molecule has 2 heteroatoms. The van der Waals surface area contributed by atoms with Crippen LogP contribution >= 0.6 is 0 Å². The van der Waals surface area contributed by atoms with Gasteiger partial charge in [-0.15, -0.1) is 6.58 Å². The molecular formula is C20H40N2. The van der Waals surface area contributed by atoms with Crippen LogP contribution < -0.4 is 5.32 Å². The molecule has 2 atom stereocenters. The maximum atomic E-state index is 3.74. The Labute approximate surface area is 140 Å². The molecule has 1 aliphatic carbocycles. The van der Waals surface area contributed by atoms with E-state index in [0.29, 0.717) is 0 Å². The van der Waals surface area contributed by atoms with Gasteiger partial charge in [0.05, 0.1) is 0 Å². The number of rotatable bonds is 11. The van der Waals surface area contributed by atoms with E-state index >= 15 is 0 Å². The molecule has 22 heavy (non-hydrogen) atoms. The molecule has 130 valence electrons. The average Bonchev–Trinajstić information content (AvgIpc) is 2.50. The average molecular weight is 309 g/mol. The van der Waals surface area contributed by atoms with Crippen molar-refractivity contribution in [3.05, 3.63) is 24.3 Å². The highest BCUT2D eigenvalue weighted by Crippen LogP contribution is 2.24. The third-order valence-corrected chi connectivity index (χ3v) is 4.40. The summed E-state index contributed by atoms with van der Waals surface area (Å²) in [5.41, 5.74) is 1.56. The first-order valence-corrected chi connectivity index (χ1v) is 9.21. The second-order valence-corrected chi connectivity index (χ2v) is 6.78. The molecule has 0 spiro atoms. The molecular weight excluding hydrogens is 268 g/mol. The van der Waals surface area contributed by atoms with Crippen LogP contribution in [0.2, 0.25) is 0 Å². The van der Waals surface area contributed by atoms with Crippen LogP contribution in [0.1, 0.15) is 59.8 Å². The van der Waals surface area contributed by atoms with Crippen molar-refractivity contribution < 1.29 is 0 Å². The van der Waals surface area contributed by atoms with Crippen LogP contribution in [0.25, 0.3) is 0 Å². The van der Waals surface area contributed by atoms with Crippen molar-refractivity contribution in [2.45, 2.75) is 59.8 Å². The maximum absolute atomic E-state index is 3.74. The molecule has 0 heterocycles. The molecule has 2 unspecified atom stereocenters. The zero-order chi connectivity index (χ0) is 16.8. The Morgan fingerprint density at radius 3 is 2.50 bits per heavy atom. The van der Waals surface area contributed by atoms with Gasteiger partial charge in [-0.3, -0.25) is 0 Å². The molecule has 1 N–H and O–H groups in total. The van der Waals surface area contributed by atoms with E-state index in [9.17, 15) is 0 Å². The highest BCUT2D eigenvalue weighted by Gasteiger charge is 2.10. The lowest BCUT2D eigenvalue weighted by Crippen LogP contribution is -2.33. The SMILES string of the molecule is C=CCCNCC(CCC)CN(C)CCC.CC1=CCC1C. The number of hydrogen-bond acceptors (Lipinski definition) is 2. The first-order valence-electron chi connectivity index (χ1n) is 9.21. The lowest BCUT2D eigenvalue weighted by Gasteiger charge is -2.23. The summed E-state index contributed by atoms with van der Waals surface area (Å²) < 4.78 is 0. The van der Waals surface area contributed by atoms with Crippen molar-refractivity contribution in [3.8, 4) is 0 Å². The first kappa shape index (κ1) is 21.4. The molecule has 0 saturated carbocycles. The lowest BCUT2D eigenvalue weighted by molar-refractivity contribution is 0.261. The van der Waals surface area contributed by atoms with Crippen molar-refractivity contribution >= 4 is 0 Å². The first-order chi connectivity index (χ1) is 10.5. The molecule has 0 radical (unpaired) electrons. The third kappa shape index (κ3) is 11.0. The summed E-state index contributed by atoms with van der Waals surface area (Å²) >= 11 is 0. The molecule has 0 aromatic heterocycles. The van der Waals surface area contributed by atoms with Crippen molar-refractivity contribution in [2.24, 2.45) is 11.8 Å². The van der Waals surface area contributed by atoms with Crippen LogP contribution in [0.5, 0.6) is 0 Å². The normalized spacial score (nSPS) is 18.1. The molecule has 1 rings (SSSR count). The van der Waals surface area contributed by atoms with Crippen molar-refractivity contribution in [1.82, 2.24) is 10.2 Å². The number of hydrogen-bond donors (Lipinski definition) is 1. The number of nitrogens with zero attached hydrogens (tertiary/aromatic N) is 1. The van der Waals surface area contributed by atoms with E-state index in [-0.39, 0.29) is 0 Å². The van der Waals surface area contributed by atoms with Crippen molar-refractivity contribution in [2.75, 3.05) is 33.2 Å². The quantitative estimate of drug-likeness (QED) is 0.432. The van der Waals surface area contributed by atoms with Gasteiger partial charge in [-0.2, -0.15) is 0 Å². The van der Waals surface area contributed by atoms with Gasteiger partial charge in [0.2, 0.25) is 0 Å². The van der Waals surface area contributed by atoms with Gasteiger partial charge < -0.3 is 10.2 Å². The van der Waals surface area contributed by atoms with E-state index in [0.717, 1.165) is 31.3 Å². The van der Waals surface area contributed by atoms with Crippen LogP contribution in [0.15, 0.2) is 24.3 Å². The smallest absolute Gasteiger partial charge is 0.00187 e. The highest BCUT2D eigenvalue weighted by atomic mass is 15.1. The monoisotopic (exact) mass is 308 g/mol. The minimum absolute atomic E-state index is 0.798. The van der Waals surface area contributed by atoms with Gasteiger partial charge in [0.1, 0.15) is 0 Å². The Morgan fingerprint density at radius 1 is 1.41 bits per heavy atom. The summed E-state index contributed by atoms with van der Waals surface area (Å²) in [5, 5.41) is 3.52. The highest BCUT2D eigenvalue weighted by molar-refractivity contribution is 5.13. The molecule has 0 bridgehead atoms. The largest absolute Gasteiger partial charge is 0.316 e. The van der Waals surface area contributed by atoms with Gasteiger partial charge in [-0.1, -0.05) is 44.9 Å². The van der Waals surface area contributed by atoms with Gasteiger partial charge in [-0.25, -0.2) is 0 Å². The number of allylic oxidation sites excluding steroid dienone is 2. The molecule has 0 saturated heterocycles. The molecule has 0 aromatic rings. The van der Waals surface area contributed by atoms with Gasteiger partial charge >= 0.3 is 0 Å². The topological polar surface area (TPSA) is 15.3 Å². The molecule has 0 aromatic carbocycles. The van der Waals surface area contributed by atoms with Crippen LogP contribution in [0, 0.1) is 11.8 Å². The summed E-state index contributed by atoms with van der Waals surface area (Å²) in [6.07, 6.45) is 10.5. The second kappa shape index (κ2) is 14.0. The van der Waals surface area contributed by atoms with Crippen LogP contribution in [-0.2, 0) is 0 Å². The lowest BCUT2D eigenvalue weighted by atomic mass is 9.88. The van der Waals surface area contributed by atoms with E-state index in [1.807, 2.05) is 6.08 Å². The minimum Gasteiger partial charge on any atom is -0.316 e. The maximum Gasteiger partial charge on any atom is 0.00187 e. The molecule has 1 aliphatic rings. The fourth-order valence-corrected chi connectivity index (χ4v) is 2.68. The van der Waals surface area contributed by atoms with Gasteiger partial charge in [0, 0.05) is 6.54 Å². The summed E-state index contributed by atoms with van der Waals surface area (Å²) in [7, 11) is 2.23. The van der Waals surface area contributed by atoms with Crippen LogP contribution in [0.4, 0.5) is 0 Å². The predicted molar refractivity (Wildman–Crippen MR) is 101 cm³/mol. The fraction of sp³-hybridized carbons (Fsp3) is 0.800. The number of nitrogens with one attached hydrogen (secondary N) is 1. The summed E-state index contributed by atoms with van der Waals surface area (Å²) in [6, 6.07) is 0. The van der Waals surface area contributed by atoms with Crippen molar-refractivity contribution in [3.63, 3.8) is 0 Å². The van der Waals surface area contributed by atoms with E-state index in [1.165, 1.54) is 38.8 Å². The Balaban J connectivity index is 0.000000604. The molecule has 0 fully saturated rings. The zero-order valence-corrected chi connectivity index (χ0v) is 15.8. The summed E-state index contributed by atoms with van der Waals surface area (Å²) in [6.45, 7) is 17.4. The molecule has 2 nitrogen and oxygen atoms in total. The third-order valence-electron chi connectivity index (χ3n) is 4.40. The Morgan fingerprint density at radius 2 is 2.09 bits per heavy atom. The van der Waals surface area contributed by atoms with Crippen LogP contribution in [-0.4, -0.2) is 38.1 Å². The summed E-state index contributed by atoms with van der Waals surface area (Å²) in [4.78, 5) is 2.45. The predicted octanol–water partition coefficient (Wildman–Crippen LogP) is 4.88. The van der Waals surface area contributed by atoms with E-state index in [4.69, 9.17) is 0 Å². The standard InChI is InChI=1S/C14H30N2.C6H10/c1-5-8-10-15-12-14(9-6-2)13-16(4)11-7-3;1-5-3-4-6(5)2/h5,14-15H,1,6-13H2,2-4H3;3,6H,4H2,1-2H3. The Kier molecular flexibility index (Phi) is 13.6. The van der Waals surface area contributed by atoms with Gasteiger partial charge in [0.15, 0.2) is 0 Å². The Hall–Kier alpha value is -0.600. The van der Waals surface area contributed by atoms with Gasteiger partial charge in [0.25, 0.3) is 0 Å². The van der Waals surface area contributed by atoms with E-state index in [2.05, 4.69) is 57.6 Å². The minimum atomic E-state index is 0.798. The zero-order valence-electron chi connectivity index (χ0n) is 15.8.